The molecule has 0 fully saturated rings. The Kier molecular flexibility index (Phi) is 2.85. The van der Waals surface area contributed by atoms with Gasteiger partial charge in [-0.05, 0) is 6.42 Å². The van der Waals surface area contributed by atoms with Crippen molar-refractivity contribution in [3.05, 3.63) is 0 Å². The van der Waals surface area contributed by atoms with Gasteiger partial charge in [-0.1, -0.05) is 48.4 Å². The van der Waals surface area contributed by atoms with E-state index >= 15 is 0 Å². The summed E-state index contributed by atoms with van der Waals surface area (Å²) in [5, 5.41) is 0.893. The van der Waals surface area contributed by atoms with Crippen LogP contribution in [0.25, 0.3) is 0 Å². The molecule has 0 radical (unpaired) electrons. The van der Waals surface area contributed by atoms with Crippen LogP contribution in [-0.2, 0) is 0 Å². The lowest BCUT2D eigenvalue weighted by molar-refractivity contribution is 0.660. The Hall–Kier alpha value is 0.480. The Morgan fingerprint density at radius 3 is 2.75 bits per heavy atom. The van der Waals surface area contributed by atoms with Crippen molar-refractivity contribution >= 4 is 15.9 Å². The molecule has 0 rings (SSSR count). The second-order valence-corrected chi connectivity index (χ2v) is 2.47. The van der Waals surface area contributed by atoms with Crippen LogP contribution in [0.2, 0.25) is 0 Å². The van der Waals surface area contributed by atoms with Gasteiger partial charge in [0.25, 0.3) is 0 Å². The predicted octanol–water partition coefficient (Wildman–Crippen LogP) is 3.35. The van der Waals surface area contributed by atoms with Gasteiger partial charge >= 0.3 is 0 Å². The molecule has 50 valence electrons. The highest BCUT2D eigenvalue weighted by atomic mass is 79.9. The molecule has 0 aliphatic rings. The Morgan fingerprint density at radius 1 is 1.38 bits per heavy atom. The molecule has 0 saturated heterocycles. The number of hydrogen-bond acceptors (Lipinski definition) is 0. The minimum absolute atomic E-state index is 0.122. The molecule has 0 aliphatic carbocycles. The molecule has 0 saturated carbocycles. The summed E-state index contributed by atoms with van der Waals surface area (Å²) in [6.07, 6.45) is 0.574. The maximum atomic E-state index is 7.31. The lowest BCUT2D eigenvalue weighted by Gasteiger charge is -1.93. The molecule has 1 heteroatoms. The van der Waals surface area contributed by atoms with E-state index < -0.39 is 13.2 Å². The highest BCUT2D eigenvalue weighted by molar-refractivity contribution is 9.09. The number of rotatable bonds is 5. The van der Waals surface area contributed by atoms with E-state index in [-0.39, 0.29) is 6.42 Å². The lowest BCUT2D eigenvalue weighted by Crippen LogP contribution is -1.76. The Bertz CT molecular complexity index is 142. The van der Waals surface area contributed by atoms with Crippen molar-refractivity contribution < 1.29 is 6.85 Å². The van der Waals surface area contributed by atoms with Gasteiger partial charge < -0.3 is 0 Å². The predicted molar refractivity (Wildman–Crippen MR) is 42.6 cm³/mol. The fourth-order valence-corrected chi connectivity index (χ4v) is 0.881. The van der Waals surface area contributed by atoms with Gasteiger partial charge in [0, 0.05) is 12.2 Å². The summed E-state index contributed by atoms with van der Waals surface area (Å²) < 4.78 is 35.5. The number of hydrogen-bond donors (Lipinski definition) is 0. The molecule has 0 nitrogen and oxygen atoms in total. The summed E-state index contributed by atoms with van der Waals surface area (Å²) in [5.41, 5.74) is 0. The Labute approximate surface area is 67.8 Å². The number of halogens is 1. The molecule has 0 atom stereocenters. The molecule has 0 aromatic heterocycles. The second-order valence-electron chi connectivity index (χ2n) is 1.68. The van der Waals surface area contributed by atoms with Gasteiger partial charge in [-0.2, -0.15) is 0 Å². The van der Waals surface area contributed by atoms with Crippen LogP contribution in [0.3, 0.4) is 0 Å². The average molecular weight is 184 g/mol. The smallest absolute Gasteiger partial charge is 0.0264 e. The van der Waals surface area contributed by atoms with Crippen molar-refractivity contribution in [3.63, 3.8) is 0 Å². The minimum atomic E-state index is -2.48. The quantitative estimate of drug-likeness (QED) is 0.454. The second kappa shape index (κ2) is 7.48. The van der Waals surface area contributed by atoms with Gasteiger partial charge in [-0.15, -0.1) is 0 Å². The highest BCUT2D eigenvalue weighted by Gasteiger charge is 1.84. The first-order chi connectivity index (χ1) is 5.81. The maximum absolute atomic E-state index is 7.31. The van der Waals surface area contributed by atoms with Gasteiger partial charge in [-0.25, -0.2) is 0 Å². The molecule has 0 amide bonds. The zero-order valence-corrected chi connectivity index (χ0v) is 6.50. The third kappa shape index (κ3) is 6.48. The monoisotopic (exact) mass is 183 g/mol. The minimum Gasteiger partial charge on any atom is -0.0928 e. The molecule has 8 heavy (non-hydrogen) atoms. The largest absolute Gasteiger partial charge is 0.0928 e. The van der Waals surface area contributed by atoms with Crippen LogP contribution < -0.4 is 0 Å². The first-order valence-corrected chi connectivity index (χ1v) is 3.99. The number of unbranched alkanes of at least 4 members (excludes halogenated alkanes) is 2. The van der Waals surface area contributed by atoms with Crippen molar-refractivity contribution in [2.45, 2.75) is 38.9 Å². The number of alkyl halides is 1. The van der Waals surface area contributed by atoms with E-state index in [1.807, 2.05) is 0 Å². The van der Waals surface area contributed by atoms with E-state index in [2.05, 4.69) is 15.9 Å². The standard InChI is InChI=1S/C7H15Br/c1-2-3-4-5-6-7-8/h2-7H2,1H3/i1D3,2D2. The zero-order chi connectivity index (χ0) is 10.5. The Morgan fingerprint density at radius 2 is 2.12 bits per heavy atom. The summed E-state index contributed by atoms with van der Waals surface area (Å²) in [4.78, 5) is 0. The van der Waals surface area contributed by atoms with Crippen molar-refractivity contribution in [2.75, 3.05) is 5.33 Å². The van der Waals surface area contributed by atoms with E-state index in [0.717, 1.165) is 18.2 Å². The average Bonchev–Trinajstić information content (AvgIpc) is 1.96. The highest BCUT2D eigenvalue weighted by Crippen LogP contribution is 2.03. The van der Waals surface area contributed by atoms with Gasteiger partial charge in [-0.3, -0.25) is 0 Å². The molecule has 0 heterocycles. The van der Waals surface area contributed by atoms with Crippen LogP contribution in [0.1, 0.15) is 45.8 Å². The van der Waals surface area contributed by atoms with Gasteiger partial charge in [0.05, 0.1) is 0 Å². The molecule has 0 aromatic carbocycles. The molecule has 0 spiro atoms. The molecule has 0 unspecified atom stereocenters. The van der Waals surface area contributed by atoms with Crippen molar-refractivity contribution in [1.29, 1.82) is 0 Å². The van der Waals surface area contributed by atoms with Crippen LogP contribution in [0.5, 0.6) is 0 Å². The molecule has 0 aliphatic heterocycles. The van der Waals surface area contributed by atoms with Crippen molar-refractivity contribution in [1.82, 2.24) is 0 Å². The van der Waals surface area contributed by atoms with E-state index in [1.54, 1.807) is 0 Å². The van der Waals surface area contributed by atoms with Gasteiger partial charge in [0.1, 0.15) is 0 Å². The molecular formula is C7H15Br. The van der Waals surface area contributed by atoms with Crippen LogP contribution >= 0.6 is 15.9 Å². The zero-order valence-electron chi connectivity index (χ0n) is 9.91. The third-order valence-electron chi connectivity index (χ3n) is 0.935. The topological polar surface area (TPSA) is 0 Å². The molecular weight excluding hydrogens is 164 g/mol. The van der Waals surface area contributed by atoms with Crippen LogP contribution in [-0.4, -0.2) is 5.33 Å². The molecule has 0 N–H and O–H groups in total. The SMILES string of the molecule is [2H]C([2H])([2H])C([2H])([2H])CCCCCBr. The van der Waals surface area contributed by atoms with E-state index in [4.69, 9.17) is 6.85 Å². The van der Waals surface area contributed by atoms with E-state index in [0.29, 0.717) is 6.42 Å². The third-order valence-corrected chi connectivity index (χ3v) is 1.50. The van der Waals surface area contributed by atoms with Crippen LogP contribution in [0, 0.1) is 0 Å². The summed E-state index contributed by atoms with van der Waals surface area (Å²) in [5.74, 6) is 0. The first kappa shape index (κ1) is 3.05. The molecule has 0 bridgehead atoms. The normalized spacial score (nSPS) is 22.4. The summed E-state index contributed by atoms with van der Waals surface area (Å²) in [6.45, 7) is -2.48. The van der Waals surface area contributed by atoms with Crippen molar-refractivity contribution in [2.24, 2.45) is 0 Å². The van der Waals surface area contributed by atoms with E-state index in [9.17, 15) is 0 Å². The summed E-state index contributed by atoms with van der Waals surface area (Å²) in [6, 6.07) is 0. The summed E-state index contributed by atoms with van der Waals surface area (Å²) in [7, 11) is 0. The first-order valence-electron chi connectivity index (χ1n) is 5.37. The maximum Gasteiger partial charge on any atom is 0.0264 e. The van der Waals surface area contributed by atoms with Crippen LogP contribution in [0.4, 0.5) is 0 Å². The van der Waals surface area contributed by atoms with Crippen molar-refractivity contribution in [3.8, 4) is 0 Å². The lowest BCUT2D eigenvalue weighted by atomic mass is 10.2. The summed E-state index contributed by atoms with van der Waals surface area (Å²) >= 11 is 3.26. The molecule has 0 aromatic rings. The Balaban J connectivity index is 3.77. The van der Waals surface area contributed by atoms with E-state index in [1.165, 1.54) is 0 Å². The van der Waals surface area contributed by atoms with Crippen LogP contribution in [0.15, 0.2) is 0 Å². The fraction of sp³-hybridized carbons (Fsp3) is 1.00. The fourth-order valence-electron chi connectivity index (χ4n) is 0.485. The van der Waals surface area contributed by atoms with Gasteiger partial charge in [0.2, 0.25) is 0 Å². The van der Waals surface area contributed by atoms with Gasteiger partial charge in [0.15, 0.2) is 0 Å².